The van der Waals surface area contributed by atoms with E-state index in [0.29, 0.717) is 10.1 Å². The minimum absolute atomic E-state index is 0.199. The molecule has 0 saturated carbocycles. The van der Waals surface area contributed by atoms with E-state index in [1.54, 1.807) is 13.2 Å². The number of aryl methyl sites for hydroxylation is 1. The minimum Gasteiger partial charge on any atom is -0.378 e. The zero-order chi connectivity index (χ0) is 12.4. The maximum absolute atomic E-state index is 11.8. The van der Waals surface area contributed by atoms with Gasteiger partial charge in [-0.2, -0.15) is 0 Å². The molecule has 0 radical (unpaired) electrons. The Morgan fingerprint density at radius 3 is 2.94 bits per heavy atom. The Morgan fingerprint density at radius 1 is 1.53 bits per heavy atom. The molecule has 2 heterocycles. The Labute approximate surface area is 113 Å². The highest BCUT2D eigenvalue weighted by atomic mass is 127. The van der Waals surface area contributed by atoms with Gasteiger partial charge in [-0.1, -0.05) is 0 Å². The van der Waals surface area contributed by atoms with Crippen molar-refractivity contribution < 1.29 is 4.74 Å². The quantitative estimate of drug-likeness (QED) is 0.755. The molecule has 1 fully saturated rings. The zero-order valence-electron chi connectivity index (χ0n) is 9.69. The van der Waals surface area contributed by atoms with Crippen molar-refractivity contribution in [2.45, 2.75) is 31.9 Å². The maximum atomic E-state index is 11.8. The van der Waals surface area contributed by atoms with Gasteiger partial charge in [-0.3, -0.25) is 9.36 Å². The van der Waals surface area contributed by atoms with Crippen molar-refractivity contribution in [1.82, 2.24) is 9.13 Å². The molecule has 1 atom stereocenters. The van der Waals surface area contributed by atoms with Gasteiger partial charge in [-0.15, -0.1) is 0 Å². The van der Waals surface area contributed by atoms with E-state index in [9.17, 15) is 9.59 Å². The van der Waals surface area contributed by atoms with Gasteiger partial charge in [0.25, 0.3) is 5.56 Å². The molecule has 1 unspecified atom stereocenters. The van der Waals surface area contributed by atoms with Crippen LogP contribution in [0.2, 0.25) is 0 Å². The fraction of sp³-hybridized carbons (Fsp3) is 0.636. The second kappa shape index (κ2) is 5.34. The molecule has 0 bridgehead atoms. The smallest absolute Gasteiger partial charge is 0.330 e. The molecule has 0 spiro atoms. The first-order chi connectivity index (χ1) is 8.09. The summed E-state index contributed by atoms with van der Waals surface area (Å²) in [7, 11) is 1.66. The molecule has 17 heavy (non-hydrogen) atoms. The molecule has 1 saturated heterocycles. The van der Waals surface area contributed by atoms with Crippen LogP contribution in [0.25, 0.3) is 0 Å². The summed E-state index contributed by atoms with van der Waals surface area (Å²) in [6, 6.07) is 0. The number of nitrogens with zero attached hydrogens (tertiary/aromatic N) is 2. The first-order valence-electron chi connectivity index (χ1n) is 5.67. The average molecular weight is 350 g/mol. The highest BCUT2D eigenvalue weighted by molar-refractivity contribution is 14.1. The van der Waals surface area contributed by atoms with E-state index in [4.69, 9.17) is 4.74 Å². The van der Waals surface area contributed by atoms with Gasteiger partial charge in [0.15, 0.2) is 0 Å². The molecular formula is C11H15IN2O3. The van der Waals surface area contributed by atoms with Crippen LogP contribution in [0.1, 0.15) is 19.3 Å². The normalized spacial score (nSPS) is 19.8. The molecule has 5 nitrogen and oxygen atoms in total. The van der Waals surface area contributed by atoms with Crippen molar-refractivity contribution in [3.05, 3.63) is 30.6 Å². The molecular weight excluding hydrogens is 335 g/mol. The van der Waals surface area contributed by atoms with Gasteiger partial charge >= 0.3 is 5.69 Å². The van der Waals surface area contributed by atoms with Gasteiger partial charge in [0.05, 0.1) is 9.67 Å². The van der Waals surface area contributed by atoms with Crippen molar-refractivity contribution >= 4 is 22.6 Å². The van der Waals surface area contributed by atoms with Gasteiger partial charge in [0.1, 0.15) is 0 Å². The third-order valence-corrected chi connectivity index (χ3v) is 3.73. The molecule has 94 valence electrons. The number of aromatic nitrogens is 2. The van der Waals surface area contributed by atoms with Crippen LogP contribution < -0.4 is 11.2 Å². The predicted octanol–water partition coefficient (Wildman–Crippen LogP) is 0.721. The van der Waals surface area contributed by atoms with Crippen LogP contribution in [0.15, 0.2) is 15.8 Å². The highest BCUT2D eigenvalue weighted by Crippen LogP contribution is 2.15. The van der Waals surface area contributed by atoms with Gasteiger partial charge in [-0.25, -0.2) is 4.79 Å². The van der Waals surface area contributed by atoms with Gasteiger partial charge in [-0.05, 0) is 41.9 Å². The predicted molar refractivity (Wildman–Crippen MR) is 72.3 cm³/mol. The van der Waals surface area contributed by atoms with Crippen LogP contribution in [0.4, 0.5) is 0 Å². The van der Waals surface area contributed by atoms with Crippen molar-refractivity contribution in [3.63, 3.8) is 0 Å². The first-order valence-corrected chi connectivity index (χ1v) is 6.75. The van der Waals surface area contributed by atoms with E-state index in [2.05, 4.69) is 0 Å². The molecule has 0 aromatic carbocycles. The number of rotatable bonds is 3. The summed E-state index contributed by atoms with van der Waals surface area (Å²) in [5.41, 5.74) is -0.458. The molecule has 2 rings (SSSR count). The lowest BCUT2D eigenvalue weighted by atomic mass is 10.2. The lowest BCUT2D eigenvalue weighted by Crippen LogP contribution is -2.40. The monoisotopic (exact) mass is 350 g/mol. The van der Waals surface area contributed by atoms with Crippen LogP contribution in [0, 0.1) is 3.57 Å². The maximum Gasteiger partial charge on any atom is 0.330 e. The van der Waals surface area contributed by atoms with E-state index < -0.39 is 0 Å². The van der Waals surface area contributed by atoms with Crippen molar-refractivity contribution in [3.8, 4) is 0 Å². The Hall–Kier alpha value is -0.630. The van der Waals surface area contributed by atoms with Crippen molar-refractivity contribution in [2.75, 3.05) is 6.61 Å². The van der Waals surface area contributed by atoms with E-state index in [1.807, 2.05) is 22.6 Å². The minimum atomic E-state index is -0.256. The lowest BCUT2D eigenvalue weighted by Gasteiger charge is -2.11. The fourth-order valence-electron chi connectivity index (χ4n) is 2.03. The van der Waals surface area contributed by atoms with Gasteiger partial charge < -0.3 is 9.30 Å². The molecule has 6 heteroatoms. The summed E-state index contributed by atoms with van der Waals surface area (Å²) >= 11 is 1.96. The van der Waals surface area contributed by atoms with Gasteiger partial charge in [0.2, 0.25) is 0 Å². The Kier molecular flexibility index (Phi) is 4.03. The standard InChI is InChI=1S/C11H15IN2O3/c1-13-7-9(12)10(15)14(11(13)16)5-4-8-3-2-6-17-8/h7-8H,2-6H2,1H3. The SMILES string of the molecule is Cn1cc(I)c(=O)n(CCC2CCCO2)c1=O. The third kappa shape index (κ3) is 2.79. The number of hydrogen-bond acceptors (Lipinski definition) is 3. The Morgan fingerprint density at radius 2 is 2.29 bits per heavy atom. The Balaban J connectivity index is 2.20. The molecule has 1 aromatic rings. The van der Waals surface area contributed by atoms with E-state index in [0.717, 1.165) is 25.9 Å². The summed E-state index contributed by atoms with van der Waals surface area (Å²) in [6.07, 6.45) is 4.59. The number of ether oxygens (including phenoxy) is 1. The lowest BCUT2D eigenvalue weighted by molar-refractivity contribution is 0.0996. The molecule has 1 aromatic heterocycles. The topological polar surface area (TPSA) is 53.2 Å². The fourth-order valence-corrected chi connectivity index (χ4v) is 2.74. The summed E-state index contributed by atoms with van der Waals surface area (Å²) in [4.78, 5) is 23.7. The van der Waals surface area contributed by atoms with Crippen LogP contribution in [0.5, 0.6) is 0 Å². The molecule has 0 amide bonds. The molecule has 1 aliphatic heterocycles. The summed E-state index contributed by atoms with van der Waals surface area (Å²) in [5.74, 6) is 0. The van der Waals surface area contributed by atoms with Crippen LogP contribution in [-0.2, 0) is 18.3 Å². The number of halogens is 1. The van der Waals surface area contributed by atoms with Crippen LogP contribution in [-0.4, -0.2) is 21.8 Å². The zero-order valence-corrected chi connectivity index (χ0v) is 11.8. The second-order valence-electron chi connectivity index (χ2n) is 4.25. The average Bonchev–Trinajstić information content (AvgIpc) is 2.79. The van der Waals surface area contributed by atoms with E-state index >= 15 is 0 Å². The third-order valence-electron chi connectivity index (χ3n) is 2.99. The Bertz CT molecular complexity index is 480. The summed E-state index contributed by atoms with van der Waals surface area (Å²) in [5, 5.41) is 0. The van der Waals surface area contributed by atoms with Crippen LogP contribution in [0.3, 0.4) is 0 Å². The van der Waals surface area contributed by atoms with Crippen molar-refractivity contribution in [1.29, 1.82) is 0 Å². The molecule has 0 aliphatic carbocycles. The van der Waals surface area contributed by atoms with Crippen molar-refractivity contribution in [2.24, 2.45) is 7.05 Å². The highest BCUT2D eigenvalue weighted by Gasteiger charge is 2.16. The van der Waals surface area contributed by atoms with E-state index in [-0.39, 0.29) is 17.4 Å². The molecule has 0 N–H and O–H groups in total. The van der Waals surface area contributed by atoms with Crippen LogP contribution >= 0.6 is 22.6 Å². The first kappa shape index (κ1) is 12.8. The summed E-state index contributed by atoms with van der Waals surface area (Å²) < 4.78 is 8.79. The number of hydrogen-bond donors (Lipinski definition) is 0. The largest absolute Gasteiger partial charge is 0.378 e. The molecule has 1 aliphatic rings. The second-order valence-corrected chi connectivity index (χ2v) is 5.41. The van der Waals surface area contributed by atoms with E-state index in [1.165, 1.54) is 9.13 Å². The summed E-state index contributed by atoms with van der Waals surface area (Å²) in [6.45, 7) is 1.23. The van der Waals surface area contributed by atoms with Gasteiger partial charge in [0, 0.05) is 26.4 Å².